The van der Waals surface area contributed by atoms with Gasteiger partial charge in [0.15, 0.2) is 5.82 Å². The maximum atomic E-state index is 16.5. The highest BCUT2D eigenvalue weighted by Crippen LogP contribution is 2.46. The predicted molar refractivity (Wildman–Crippen MR) is 151 cm³/mol. The molecule has 1 aromatic heterocycles. The molecular formula is C30H30ClF3N4O2. The van der Waals surface area contributed by atoms with E-state index >= 15 is 4.39 Å². The molecule has 0 unspecified atom stereocenters. The van der Waals surface area contributed by atoms with Gasteiger partial charge < -0.3 is 14.7 Å². The number of rotatable bonds is 6. The minimum Gasteiger partial charge on any atom is -0.507 e. The number of phenols is 1. The standard InChI is InChI=1S/C30H30ClF3N4O2/c1-4-17-18-7-9-23(39)24(19(18)6-8-22(17)33)25-21(31)12-20-27(26(25)34)35-29(36-28(20)37(2)3)40-15-30-10-5-11-38(30)14-16(32)13-30/h6-9,12,16,39H,4-5,10-11,13-15H2,1-3H3/t16-,30+/m1/s1. The molecule has 0 amide bonds. The minimum atomic E-state index is -0.907. The Hall–Kier alpha value is -3.30. The number of benzene rings is 3. The minimum absolute atomic E-state index is 0.0237. The van der Waals surface area contributed by atoms with Gasteiger partial charge in [-0.1, -0.05) is 30.7 Å². The summed E-state index contributed by atoms with van der Waals surface area (Å²) in [5.41, 5.74) is 0.131. The molecule has 3 aromatic carbocycles. The average molecular weight is 571 g/mol. The van der Waals surface area contributed by atoms with Crippen molar-refractivity contribution in [3.63, 3.8) is 0 Å². The van der Waals surface area contributed by atoms with Crippen LogP contribution in [0.3, 0.4) is 0 Å². The maximum Gasteiger partial charge on any atom is 0.319 e. The molecule has 210 valence electrons. The van der Waals surface area contributed by atoms with Crippen molar-refractivity contribution in [2.24, 2.45) is 0 Å². The average Bonchev–Trinajstić information content (AvgIpc) is 3.44. The van der Waals surface area contributed by atoms with Crippen molar-refractivity contribution >= 4 is 39.1 Å². The van der Waals surface area contributed by atoms with E-state index in [1.807, 2.05) is 6.92 Å². The first-order chi connectivity index (χ1) is 19.1. The van der Waals surface area contributed by atoms with Crippen molar-refractivity contribution in [2.45, 2.75) is 44.3 Å². The van der Waals surface area contributed by atoms with E-state index in [0.29, 0.717) is 46.9 Å². The van der Waals surface area contributed by atoms with Gasteiger partial charge in [0, 0.05) is 43.6 Å². The fourth-order valence-electron chi connectivity index (χ4n) is 6.49. The summed E-state index contributed by atoms with van der Waals surface area (Å²) in [5, 5.41) is 12.4. The van der Waals surface area contributed by atoms with E-state index in [4.69, 9.17) is 16.3 Å². The lowest BCUT2D eigenvalue weighted by atomic mass is 9.92. The Labute approximate surface area is 235 Å². The van der Waals surface area contributed by atoms with E-state index in [2.05, 4.69) is 14.9 Å². The number of phenolic OH excluding ortho intramolecular Hbond substituents is 1. The molecule has 1 N–H and O–H groups in total. The molecule has 0 spiro atoms. The van der Waals surface area contributed by atoms with Gasteiger partial charge in [0.05, 0.1) is 10.6 Å². The lowest BCUT2D eigenvalue weighted by molar-refractivity contribution is 0.107. The molecule has 0 bridgehead atoms. The van der Waals surface area contributed by atoms with Crippen molar-refractivity contribution in [3.05, 3.63) is 52.6 Å². The summed E-state index contributed by atoms with van der Waals surface area (Å²) in [5.74, 6) is -0.917. The van der Waals surface area contributed by atoms with Gasteiger partial charge in [-0.15, -0.1) is 0 Å². The van der Waals surface area contributed by atoms with Crippen LogP contribution in [0.15, 0.2) is 30.3 Å². The normalized spacial score (nSPS) is 20.9. The Bertz CT molecular complexity index is 1650. The third-order valence-electron chi connectivity index (χ3n) is 8.33. The Morgan fingerprint density at radius 3 is 2.65 bits per heavy atom. The molecule has 2 fully saturated rings. The van der Waals surface area contributed by atoms with Crippen LogP contribution in [-0.2, 0) is 6.42 Å². The summed E-state index contributed by atoms with van der Waals surface area (Å²) >= 11 is 6.69. The third kappa shape index (κ3) is 4.21. The quantitative estimate of drug-likeness (QED) is 0.279. The van der Waals surface area contributed by atoms with Gasteiger partial charge in [-0.2, -0.15) is 9.97 Å². The molecule has 2 atom stereocenters. The van der Waals surface area contributed by atoms with E-state index in [1.165, 1.54) is 18.2 Å². The van der Waals surface area contributed by atoms with Crippen molar-refractivity contribution < 1.29 is 23.0 Å². The highest BCUT2D eigenvalue weighted by molar-refractivity contribution is 6.35. The molecule has 3 heterocycles. The molecule has 2 aliphatic rings. The number of alkyl halides is 1. The highest BCUT2D eigenvalue weighted by atomic mass is 35.5. The van der Waals surface area contributed by atoms with Crippen LogP contribution in [0.4, 0.5) is 19.0 Å². The third-order valence-corrected chi connectivity index (χ3v) is 8.63. The SMILES string of the molecule is CCc1c(F)ccc2c(-c3c(Cl)cc4c(N(C)C)nc(OC[C@@]56CCCN5C[C@H](F)C6)nc4c3F)c(O)ccc12. The number of nitrogens with zero attached hydrogens (tertiary/aromatic N) is 4. The topological polar surface area (TPSA) is 61.7 Å². The zero-order chi connectivity index (χ0) is 28.3. The Balaban J connectivity index is 1.51. The summed E-state index contributed by atoms with van der Waals surface area (Å²) in [7, 11) is 3.54. The molecule has 40 heavy (non-hydrogen) atoms. The van der Waals surface area contributed by atoms with Crippen molar-refractivity contribution in [2.75, 3.05) is 38.7 Å². The maximum absolute atomic E-state index is 16.5. The van der Waals surface area contributed by atoms with Crippen LogP contribution in [0, 0.1) is 11.6 Å². The number of hydrogen-bond donors (Lipinski definition) is 1. The molecule has 10 heteroatoms. The second kappa shape index (κ2) is 9.96. The molecule has 2 aliphatic heterocycles. The number of anilines is 1. The van der Waals surface area contributed by atoms with Crippen LogP contribution >= 0.6 is 11.6 Å². The Morgan fingerprint density at radius 2 is 1.90 bits per heavy atom. The van der Waals surface area contributed by atoms with Crippen LogP contribution in [0.5, 0.6) is 11.8 Å². The molecule has 2 saturated heterocycles. The first kappa shape index (κ1) is 26.9. The van der Waals surface area contributed by atoms with E-state index in [-0.39, 0.29) is 45.9 Å². The molecule has 0 saturated carbocycles. The van der Waals surface area contributed by atoms with Gasteiger partial charge in [0.2, 0.25) is 0 Å². The second-order valence-corrected chi connectivity index (χ2v) is 11.4. The molecule has 4 aromatic rings. The van der Waals surface area contributed by atoms with Crippen LogP contribution < -0.4 is 9.64 Å². The number of aromatic hydroxyl groups is 1. The fourth-order valence-corrected chi connectivity index (χ4v) is 6.78. The van der Waals surface area contributed by atoms with E-state index in [9.17, 15) is 13.9 Å². The van der Waals surface area contributed by atoms with Gasteiger partial charge in [-0.3, -0.25) is 4.90 Å². The number of halogens is 4. The summed E-state index contributed by atoms with van der Waals surface area (Å²) in [6.45, 7) is 3.24. The molecular weight excluding hydrogens is 541 g/mol. The van der Waals surface area contributed by atoms with Crippen LogP contribution in [0.2, 0.25) is 5.02 Å². The van der Waals surface area contributed by atoms with Crippen LogP contribution in [-0.4, -0.2) is 65.5 Å². The summed E-state index contributed by atoms with van der Waals surface area (Å²) < 4.78 is 51.4. The van der Waals surface area contributed by atoms with Crippen molar-refractivity contribution in [1.82, 2.24) is 14.9 Å². The van der Waals surface area contributed by atoms with Gasteiger partial charge in [0.25, 0.3) is 0 Å². The first-order valence-corrected chi connectivity index (χ1v) is 13.8. The van der Waals surface area contributed by atoms with Gasteiger partial charge in [-0.25, -0.2) is 13.2 Å². The first-order valence-electron chi connectivity index (χ1n) is 13.5. The zero-order valence-corrected chi connectivity index (χ0v) is 23.3. The van der Waals surface area contributed by atoms with Gasteiger partial charge >= 0.3 is 6.01 Å². The highest BCUT2D eigenvalue weighted by Gasteiger charge is 2.49. The summed E-state index contributed by atoms with van der Waals surface area (Å²) in [4.78, 5) is 12.8. The summed E-state index contributed by atoms with van der Waals surface area (Å²) in [6, 6.07) is 7.42. The molecule has 0 aliphatic carbocycles. The molecule has 0 radical (unpaired) electrons. The number of aromatic nitrogens is 2. The van der Waals surface area contributed by atoms with Crippen LogP contribution in [0.1, 0.15) is 31.7 Å². The number of hydrogen-bond acceptors (Lipinski definition) is 6. The zero-order valence-electron chi connectivity index (χ0n) is 22.6. The number of aryl methyl sites for hydroxylation is 1. The number of ether oxygens (including phenoxy) is 1. The lowest BCUT2D eigenvalue weighted by Gasteiger charge is -2.31. The largest absolute Gasteiger partial charge is 0.507 e. The number of fused-ring (bicyclic) bond motifs is 3. The van der Waals surface area contributed by atoms with Gasteiger partial charge in [-0.05, 0) is 60.3 Å². The lowest BCUT2D eigenvalue weighted by Crippen LogP contribution is -2.43. The van der Waals surface area contributed by atoms with E-state index in [1.54, 1.807) is 31.1 Å². The fraction of sp³-hybridized carbons (Fsp3) is 0.400. The van der Waals surface area contributed by atoms with Crippen LogP contribution in [0.25, 0.3) is 32.8 Å². The van der Waals surface area contributed by atoms with E-state index in [0.717, 1.165) is 19.4 Å². The van der Waals surface area contributed by atoms with E-state index < -0.39 is 17.5 Å². The van der Waals surface area contributed by atoms with Crippen molar-refractivity contribution in [3.8, 4) is 22.9 Å². The van der Waals surface area contributed by atoms with Crippen molar-refractivity contribution in [1.29, 1.82) is 0 Å². The monoisotopic (exact) mass is 570 g/mol. The Morgan fingerprint density at radius 1 is 1.12 bits per heavy atom. The van der Waals surface area contributed by atoms with Gasteiger partial charge in [0.1, 0.15) is 35.7 Å². The molecule has 6 rings (SSSR count). The Kier molecular flexibility index (Phi) is 6.70. The summed E-state index contributed by atoms with van der Waals surface area (Å²) in [6.07, 6.45) is 1.68. The predicted octanol–water partition coefficient (Wildman–Crippen LogP) is 6.67. The smallest absolute Gasteiger partial charge is 0.319 e. The molecule has 6 nitrogen and oxygen atoms in total. The second-order valence-electron chi connectivity index (χ2n) is 11.0.